The van der Waals surface area contributed by atoms with Crippen LogP contribution in [0, 0.1) is 0 Å². The molecule has 19 heavy (non-hydrogen) atoms. The zero-order valence-corrected chi connectivity index (χ0v) is 10.9. The molecule has 0 aliphatic carbocycles. The highest BCUT2D eigenvalue weighted by molar-refractivity contribution is 5.86. The van der Waals surface area contributed by atoms with E-state index in [9.17, 15) is 4.79 Å². The number of carbonyl (C=O) groups excluding carboxylic acids is 1. The van der Waals surface area contributed by atoms with E-state index in [1.54, 1.807) is 6.08 Å². The van der Waals surface area contributed by atoms with Gasteiger partial charge in [-0.3, -0.25) is 4.79 Å². The maximum atomic E-state index is 11.8. The van der Waals surface area contributed by atoms with Gasteiger partial charge in [0, 0.05) is 23.6 Å². The molecule has 4 heteroatoms. The monoisotopic (exact) mass is 257 g/mol. The zero-order valence-electron chi connectivity index (χ0n) is 10.9. The Morgan fingerprint density at radius 1 is 1.47 bits per heavy atom. The lowest BCUT2D eigenvalue weighted by Crippen LogP contribution is -2.42. The van der Waals surface area contributed by atoms with Gasteiger partial charge in [-0.15, -0.1) is 6.58 Å². The van der Waals surface area contributed by atoms with Crippen LogP contribution < -0.4 is 11.1 Å². The first-order chi connectivity index (χ1) is 9.22. The summed E-state index contributed by atoms with van der Waals surface area (Å²) < 4.78 is 0. The zero-order chi connectivity index (χ0) is 13.7. The van der Waals surface area contributed by atoms with E-state index in [2.05, 4.69) is 16.9 Å². The number of rotatable bonds is 6. The van der Waals surface area contributed by atoms with E-state index in [1.807, 2.05) is 30.5 Å². The van der Waals surface area contributed by atoms with Crippen LogP contribution in [0.2, 0.25) is 0 Å². The van der Waals surface area contributed by atoms with Crippen molar-refractivity contribution < 1.29 is 4.79 Å². The third-order valence-electron chi connectivity index (χ3n) is 3.10. The van der Waals surface area contributed by atoms with Gasteiger partial charge in [0.15, 0.2) is 0 Å². The van der Waals surface area contributed by atoms with Gasteiger partial charge in [-0.1, -0.05) is 24.3 Å². The van der Waals surface area contributed by atoms with Crippen molar-refractivity contribution in [2.45, 2.75) is 18.9 Å². The summed E-state index contributed by atoms with van der Waals surface area (Å²) in [5, 5.41) is 3.92. The van der Waals surface area contributed by atoms with Crippen LogP contribution in [0.15, 0.2) is 43.1 Å². The second-order valence-electron chi connectivity index (χ2n) is 4.54. The lowest BCUT2D eigenvalue weighted by molar-refractivity contribution is -0.122. The van der Waals surface area contributed by atoms with Gasteiger partial charge >= 0.3 is 0 Å². The number of para-hydroxylation sites is 1. The maximum absolute atomic E-state index is 11.8. The van der Waals surface area contributed by atoms with E-state index in [-0.39, 0.29) is 5.91 Å². The molecule has 0 radical (unpaired) electrons. The number of benzene rings is 1. The number of hydrogen-bond donors (Lipinski definition) is 3. The lowest BCUT2D eigenvalue weighted by atomic mass is 10.1. The molecule has 0 saturated carbocycles. The quantitative estimate of drug-likeness (QED) is 0.545. The number of H-pyrrole nitrogens is 1. The number of nitrogens with two attached hydrogens (primary N) is 1. The van der Waals surface area contributed by atoms with Crippen molar-refractivity contribution in [2.24, 2.45) is 5.73 Å². The summed E-state index contributed by atoms with van der Waals surface area (Å²) in [7, 11) is 0. The van der Waals surface area contributed by atoms with Gasteiger partial charge in [0.05, 0.1) is 6.04 Å². The fourth-order valence-electron chi connectivity index (χ4n) is 2.06. The number of aromatic amines is 1. The van der Waals surface area contributed by atoms with Crippen LogP contribution in [-0.2, 0) is 11.2 Å². The Hall–Kier alpha value is -2.07. The molecule has 100 valence electrons. The van der Waals surface area contributed by atoms with Crippen molar-refractivity contribution in [1.82, 2.24) is 10.3 Å². The largest absolute Gasteiger partial charge is 0.361 e. The smallest absolute Gasteiger partial charge is 0.237 e. The summed E-state index contributed by atoms with van der Waals surface area (Å²) in [6.45, 7) is 4.20. The van der Waals surface area contributed by atoms with Gasteiger partial charge in [-0.2, -0.15) is 0 Å². The van der Waals surface area contributed by atoms with E-state index >= 15 is 0 Å². The summed E-state index contributed by atoms with van der Waals surface area (Å²) in [5.74, 6) is -0.118. The standard InChI is InChI=1S/C15H19N3O/c1-2-3-8-17-15(19)13(16)9-11-10-18-14-7-5-4-6-12(11)14/h2,4-7,10,13,18H,1,3,8-9,16H2,(H,17,19)/t13-/m1/s1. The Morgan fingerprint density at radius 2 is 2.26 bits per heavy atom. The van der Waals surface area contributed by atoms with Crippen LogP contribution in [0.3, 0.4) is 0 Å². The number of nitrogens with one attached hydrogen (secondary N) is 2. The third-order valence-corrected chi connectivity index (χ3v) is 3.10. The van der Waals surface area contributed by atoms with Gasteiger partial charge < -0.3 is 16.0 Å². The highest BCUT2D eigenvalue weighted by Crippen LogP contribution is 2.18. The molecule has 0 bridgehead atoms. The van der Waals surface area contributed by atoms with Crippen molar-refractivity contribution in [3.63, 3.8) is 0 Å². The van der Waals surface area contributed by atoms with E-state index in [0.29, 0.717) is 13.0 Å². The van der Waals surface area contributed by atoms with Crippen molar-refractivity contribution in [2.75, 3.05) is 6.54 Å². The van der Waals surface area contributed by atoms with Gasteiger partial charge in [0.25, 0.3) is 0 Å². The molecule has 1 atom stereocenters. The lowest BCUT2D eigenvalue weighted by Gasteiger charge is -2.11. The van der Waals surface area contributed by atoms with Crippen molar-refractivity contribution in [3.8, 4) is 0 Å². The predicted octanol–water partition coefficient (Wildman–Crippen LogP) is 1.73. The number of fused-ring (bicyclic) bond motifs is 1. The highest BCUT2D eigenvalue weighted by atomic mass is 16.2. The minimum Gasteiger partial charge on any atom is -0.361 e. The van der Waals surface area contributed by atoms with Gasteiger partial charge in [0.2, 0.25) is 5.91 Å². The van der Waals surface area contributed by atoms with Crippen molar-refractivity contribution in [3.05, 3.63) is 48.7 Å². The summed E-state index contributed by atoms with van der Waals surface area (Å²) >= 11 is 0. The molecule has 2 aromatic rings. The van der Waals surface area contributed by atoms with Crippen molar-refractivity contribution >= 4 is 16.8 Å². The van der Waals surface area contributed by atoms with Crippen LogP contribution in [0.1, 0.15) is 12.0 Å². The Bertz CT molecular complexity index is 574. The van der Waals surface area contributed by atoms with Crippen LogP contribution in [0.4, 0.5) is 0 Å². The van der Waals surface area contributed by atoms with E-state index < -0.39 is 6.04 Å². The van der Waals surface area contributed by atoms with Crippen LogP contribution in [0.25, 0.3) is 10.9 Å². The van der Waals surface area contributed by atoms with Crippen LogP contribution >= 0.6 is 0 Å². The Balaban J connectivity index is 2.00. The molecule has 0 saturated heterocycles. The summed E-state index contributed by atoms with van der Waals surface area (Å²) in [4.78, 5) is 15.0. The molecule has 1 aromatic heterocycles. The highest BCUT2D eigenvalue weighted by Gasteiger charge is 2.15. The topological polar surface area (TPSA) is 70.9 Å². The summed E-state index contributed by atoms with van der Waals surface area (Å²) in [6.07, 6.45) is 4.97. The summed E-state index contributed by atoms with van der Waals surface area (Å²) in [6, 6.07) is 7.47. The Kier molecular flexibility index (Phi) is 4.36. The molecule has 4 N–H and O–H groups in total. The average Bonchev–Trinajstić information content (AvgIpc) is 2.82. The number of amides is 1. The van der Waals surface area contributed by atoms with Gasteiger partial charge in [-0.05, 0) is 24.5 Å². The number of aromatic nitrogens is 1. The minimum absolute atomic E-state index is 0.118. The van der Waals surface area contributed by atoms with Crippen LogP contribution in [-0.4, -0.2) is 23.5 Å². The first-order valence-corrected chi connectivity index (χ1v) is 6.41. The first-order valence-electron chi connectivity index (χ1n) is 6.41. The Morgan fingerprint density at radius 3 is 3.05 bits per heavy atom. The van der Waals surface area contributed by atoms with Crippen LogP contribution in [0.5, 0.6) is 0 Å². The number of carbonyl (C=O) groups is 1. The third kappa shape index (κ3) is 3.23. The maximum Gasteiger partial charge on any atom is 0.237 e. The molecule has 4 nitrogen and oxygen atoms in total. The molecule has 0 unspecified atom stereocenters. The SMILES string of the molecule is C=CCCNC(=O)[C@H](N)Cc1c[nH]c2ccccc12. The van der Waals surface area contributed by atoms with E-state index in [4.69, 9.17) is 5.73 Å². The molecule has 1 heterocycles. The van der Waals surface area contributed by atoms with E-state index in [0.717, 1.165) is 22.9 Å². The molecule has 1 aromatic carbocycles. The van der Waals surface area contributed by atoms with Gasteiger partial charge in [0.1, 0.15) is 0 Å². The van der Waals surface area contributed by atoms with Gasteiger partial charge in [-0.25, -0.2) is 0 Å². The molecule has 0 aliphatic heterocycles. The molecule has 1 amide bonds. The number of hydrogen-bond acceptors (Lipinski definition) is 2. The Labute approximate surface area is 112 Å². The predicted molar refractivity (Wildman–Crippen MR) is 77.8 cm³/mol. The normalized spacial score (nSPS) is 12.3. The molecular weight excluding hydrogens is 238 g/mol. The van der Waals surface area contributed by atoms with Crippen molar-refractivity contribution in [1.29, 1.82) is 0 Å². The average molecular weight is 257 g/mol. The second kappa shape index (κ2) is 6.20. The first kappa shape index (κ1) is 13.4. The molecule has 2 rings (SSSR count). The van der Waals surface area contributed by atoms with E-state index in [1.165, 1.54) is 0 Å². The molecule has 0 spiro atoms. The second-order valence-corrected chi connectivity index (χ2v) is 4.54. The molecular formula is C15H19N3O. The fraction of sp³-hybridized carbons (Fsp3) is 0.267. The summed E-state index contributed by atoms with van der Waals surface area (Å²) in [5.41, 5.74) is 8.07. The minimum atomic E-state index is -0.524. The molecule has 0 aliphatic rings. The fourth-order valence-corrected chi connectivity index (χ4v) is 2.06. The molecule has 0 fully saturated rings.